The molecule has 15 heavy (non-hydrogen) atoms. The van der Waals surface area contributed by atoms with Gasteiger partial charge in [-0.2, -0.15) is 5.10 Å². The van der Waals surface area contributed by atoms with Gasteiger partial charge < -0.3 is 9.84 Å². The van der Waals surface area contributed by atoms with Gasteiger partial charge in [0.15, 0.2) is 5.75 Å². The number of nitrogens with one attached hydrogen (secondary N) is 1. The van der Waals surface area contributed by atoms with E-state index < -0.39 is 5.97 Å². The van der Waals surface area contributed by atoms with Crippen LogP contribution in [0.1, 0.15) is 12.8 Å². The monoisotopic (exact) mass is 211 g/mol. The van der Waals surface area contributed by atoms with Gasteiger partial charge in [0.05, 0.1) is 12.4 Å². The van der Waals surface area contributed by atoms with Gasteiger partial charge in [0.2, 0.25) is 0 Å². The minimum Gasteiger partial charge on any atom is -0.480 e. The van der Waals surface area contributed by atoms with Crippen molar-refractivity contribution >= 4 is 5.97 Å². The fourth-order valence-corrected chi connectivity index (χ4v) is 1.55. The maximum Gasteiger partial charge on any atom is 0.325 e. The quantitative estimate of drug-likeness (QED) is 0.736. The van der Waals surface area contributed by atoms with E-state index in [1.165, 1.54) is 10.9 Å². The molecule has 1 atom stereocenters. The summed E-state index contributed by atoms with van der Waals surface area (Å²) in [5.74, 6) is -0.306. The van der Waals surface area contributed by atoms with Gasteiger partial charge in [-0.15, -0.1) is 0 Å². The Bertz CT molecular complexity index is 344. The molecule has 1 saturated heterocycles. The first kappa shape index (κ1) is 9.97. The molecule has 0 radical (unpaired) electrons. The van der Waals surface area contributed by atoms with Crippen LogP contribution in [0.5, 0.6) is 5.75 Å². The molecule has 1 fully saturated rings. The number of rotatable bonds is 4. The van der Waals surface area contributed by atoms with E-state index in [4.69, 9.17) is 9.84 Å². The number of aromatic nitrogens is 2. The molecule has 1 aromatic heterocycles. The Morgan fingerprint density at radius 1 is 1.80 bits per heavy atom. The molecule has 0 aliphatic carbocycles. The molecular weight excluding hydrogens is 198 g/mol. The van der Waals surface area contributed by atoms with Crippen molar-refractivity contribution in [3.63, 3.8) is 0 Å². The van der Waals surface area contributed by atoms with Crippen LogP contribution in [0.15, 0.2) is 12.4 Å². The second-order valence-corrected chi connectivity index (χ2v) is 3.47. The lowest BCUT2D eigenvalue weighted by Crippen LogP contribution is -2.27. The second kappa shape index (κ2) is 4.31. The van der Waals surface area contributed by atoms with Crippen LogP contribution in [0, 0.1) is 0 Å². The average Bonchev–Trinajstić information content (AvgIpc) is 2.77. The Morgan fingerprint density at radius 2 is 2.67 bits per heavy atom. The Kier molecular flexibility index (Phi) is 2.86. The number of carbonyl (C=O) groups is 1. The average molecular weight is 211 g/mol. The molecular formula is C9H13N3O3. The molecule has 0 amide bonds. The summed E-state index contributed by atoms with van der Waals surface area (Å²) in [6.45, 7) is 0.829. The van der Waals surface area contributed by atoms with Crippen molar-refractivity contribution < 1.29 is 14.6 Å². The van der Waals surface area contributed by atoms with Crippen LogP contribution < -0.4 is 10.1 Å². The minimum atomic E-state index is -0.913. The maximum atomic E-state index is 10.4. The maximum absolute atomic E-state index is 10.4. The predicted molar refractivity (Wildman–Crippen MR) is 51.5 cm³/mol. The molecule has 2 N–H and O–H groups in total. The third-order valence-corrected chi connectivity index (χ3v) is 2.20. The number of hydrogen-bond donors (Lipinski definition) is 2. The van der Waals surface area contributed by atoms with E-state index in [9.17, 15) is 4.79 Å². The van der Waals surface area contributed by atoms with Crippen molar-refractivity contribution in [2.24, 2.45) is 0 Å². The molecule has 0 bridgehead atoms. The molecule has 1 aliphatic heterocycles. The number of carboxylic acid groups (broad SMARTS) is 1. The SMILES string of the molecule is O=C(O)Cn1cc(OC2CCCN2)cn1. The molecule has 6 heteroatoms. The number of nitrogens with zero attached hydrogens (tertiary/aromatic N) is 2. The van der Waals surface area contributed by atoms with Crippen molar-refractivity contribution in [1.82, 2.24) is 15.1 Å². The van der Waals surface area contributed by atoms with E-state index in [0.29, 0.717) is 5.75 Å². The summed E-state index contributed by atoms with van der Waals surface area (Å²) < 4.78 is 6.89. The van der Waals surface area contributed by atoms with E-state index in [2.05, 4.69) is 10.4 Å². The highest BCUT2D eigenvalue weighted by Gasteiger charge is 2.16. The van der Waals surface area contributed by atoms with Gasteiger partial charge in [-0.3, -0.25) is 14.8 Å². The van der Waals surface area contributed by atoms with Gasteiger partial charge >= 0.3 is 5.97 Å². The van der Waals surface area contributed by atoms with Gasteiger partial charge in [0.1, 0.15) is 12.8 Å². The summed E-state index contributed by atoms with van der Waals surface area (Å²) in [4.78, 5) is 10.4. The van der Waals surface area contributed by atoms with Crippen molar-refractivity contribution in [3.05, 3.63) is 12.4 Å². The largest absolute Gasteiger partial charge is 0.480 e. The summed E-state index contributed by atoms with van der Waals surface area (Å²) in [7, 11) is 0. The van der Waals surface area contributed by atoms with E-state index >= 15 is 0 Å². The Balaban J connectivity index is 1.91. The Hall–Kier alpha value is -1.56. The fraction of sp³-hybridized carbons (Fsp3) is 0.556. The van der Waals surface area contributed by atoms with Crippen molar-refractivity contribution in [2.45, 2.75) is 25.6 Å². The van der Waals surface area contributed by atoms with Gasteiger partial charge in [0, 0.05) is 0 Å². The van der Waals surface area contributed by atoms with Gasteiger partial charge in [-0.25, -0.2) is 0 Å². The van der Waals surface area contributed by atoms with E-state index in [1.807, 2.05) is 0 Å². The normalized spacial score (nSPS) is 20.4. The lowest BCUT2D eigenvalue weighted by molar-refractivity contribution is -0.137. The van der Waals surface area contributed by atoms with Crippen LogP contribution in [-0.2, 0) is 11.3 Å². The Morgan fingerprint density at radius 3 is 3.33 bits per heavy atom. The van der Waals surface area contributed by atoms with Gasteiger partial charge in [-0.05, 0) is 19.4 Å². The standard InChI is InChI=1S/C9H13N3O3/c13-9(14)6-12-5-7(4-11-12)15-8-2-1-3-10-8/h4-5,8,10H,1-3,6H2,(H,13,14). The number of carboxylic acids is 1. The molecule has 0 saturated carbocycles. The number of ether oxygens (including phenoxy) is 1. The first-order valence-corrected chi connectivity index (χ1v) is 4.88. The van der Waals surface area contributed by atoms with Crippen LogP contribution in [0.3, 0.4) is 0 Å². The summed E-state index contributed by atoms with van der Waals surface area (Å²) in [5, 5.41) is 15.6. The number of hydrogen-bond acceptors (Lipinski definition) is 4. The minimum absolute atomic E-state index is 0.0347. The molecule has 2 rings (SSSR count). The van der Waals surface area contributed by atoms with Crippen molar-refractivity contribution in [3.8, 4) is 5.75 Å². The molecule has 82 valence electrons. The molecule has 0 spiro atoms. The predicted octanol–water partition coefficient (Wildman–Crippen LogP) is 0.0560. The molecule has 1 unspecified atom stereocenters. The molecule has 2 heterocycles. The van der Waals surface area contributed by atoms with Crippen LogP contribution in [-0.4, -0.2) is 33.6 Å². The fourth-order valence-electron chi connectivity index (χ4n) is 1.55. The zero-order valence-electron chi connectivity index (χ0n) is 8.22. The molecule has 1 aliphatic rings. The third-order valence-electron chi connectivity index (χ3n) is 2.20. The molecule has 1 aromatic rings. The summed E-state index contributed by atoms with van der Waals surface area (Å²) in [6, 6.07) is 0. The summed E-state index contributed by atoms with van der Waals surface area (Å²) in [5.41, 5.74) is 0. The van der Waals surface area contributed by atoms with Crippen LogP contribution >= 0.6 is 0 Å². The van der Waals surface area contributed by atoms with E-state index in [0.717, 1.165) is 19.4 Å². The van der Waals surface area contributed by atoms with E-state index in [-0.39, 0.29) is 12.8 Å². The lowest BCUT2D eigenvalue weighted by atomic mass is 10.4. The first-order chi connectivity index (χ1) is 7.24. The first-order valence-electron chi connectivity index (χ1n) is 4.88. The topological polar surface area (TPSA) is 76.4 Å². The van der Waals surface area contributed by atoms with Crippen molar-refractivity contribution in [1.29, 1.82) is 0 Å². The summed E-state index contributed by atoms with van der Waals surface area (Å²) >= 11 is 0. The zero-order valence-corrected chi connectivity index (χ0v) is 8.22. The smallest absolute Gasteiger partial charge is 0.325 e. The number of aliphatic carboxylic acids is 1. The highest BCUT2D eigenvalue weighted by Crippen LogP contribution is 2.14. The Labute approximate surface area is 86.8 Å². The molecule has 6 nitrogen and oxygen atoms in total. The zero-order chi connectivity index (χ0) is 10.7. The molecule has 0 aromatic carbocycles. The third kappa shape index (κ3) is 2.69. The van der Waals surface area contributed by atoms with Gasteiger partial charge in [-0.1, -0.05) is 0 Å². The van der Waals surface area contributed by atoms with Crippen LogP contribution in [0.25, 0.3) is 0 Å². The lowest BCUT2D eigenvalue weighted by Gasteiger charge is -2.10. The van der Waals surface area contributed by atoms with Crippen LogP contribution in [0.4, 0.5) is 0 Å². The highest BCUT2D eigenvalue weighted by molar-refractivity contribution is 5.66. The van der Waals surface area contributed by atoms with E-state index in [1.54, 1.807) is 6.20 Å². The summed E-state index contributed by atoms with van der Waals surface area (Å²) in [6.07, 6.45) is 5.24. The van der Waals surface area contributed by atoms with Crippen LogP contribution in [0.2, 0.25) is 0 Å². The second-order valence-electron chi connectivity index (χ2n) is 3.47. The highest BCUT2D eigenvalue weighted by atomic mass is 16.5. The van der Waals surface area contributed by atoms with Gasteiger partial charge in [0.25, 0.3) is 0 Å². The van der Waals surface area contributed by atoms with Crippen molar-refractivity contribution in [2.75, 3.05) is 6.54 Å².